The molecule has 0 saturated heterocycles. The van der Waals surface area contributed by atoms with Gasteiger partial charge in [0, 0.05) is 25.9 Å². The van der Waals surface area contributed by atoms with Crippen molar-refractivity contribution in [3.8, 4) is 0 Å². The van der Waals surface area contributed by atoms with Gasteiger partial charge in [-0.15, -0.1) is 0 Å². The Morgan fingerprint density at radius 3 is 1.77 bits per heavy atom. The maximum absolute atomic E-state index is 14.1. The van der Waals surface area contributed by atoms with E-state index in [-0.39, 0.29) is 0 Å². The maximum Gasteiger partial charge on any atom is 0.248 e. The van der Waals surface area contributed by atoms with Crippen LogP contribution < -0.4 is 0 Å². The second-order valence-corrected chi connectivity index (χ2v) is 6.77. The maximum atomic E-state index is 14.1. The van der Waals surface area contributed by atoms with Gasteiger partial charge in [0.05, 0.1) is 11.0 Å². The summed E-state index contributed by atoms with van der Waals surface area (Å²) in [5, 5.41) is 1.94. The average molecular weight is 426 g/mol. The monoisotopic (exact) mass is 424 g/mol. The van der Waals surface area contributed by atoms with Gasteiger partial charge < -0.3 is 0 Å². The van der Waals surface area contributed by atoms with Crippen LogP contribution in [0.3, 0.4) is 0 Å². The van der Waals surface area contributed by atoms with Crippen molar-refractivity contribution in [3.63, 3.8) is 0 Å². The highest BCUT2D eigenvalue weighted by Gasteiger charge is 2.16. The smallest absolute Gasteiger partial charge is 0.246 e. The van der Waals surface area contributed by atoms with Gasteiger partial charge in [-0.2, -0.15) is 4.39 Å². The predicted molar refractivity (Wildman–Crippen MR) is 90.0 cm³/mol. The first kappa shape index (κ1) is 14.0. The summed E-state index contributed by atoms with van der Waals surface area (Å²) in [5.41, 5.74) is 1.58. The second-order valence-electron chi connectivity index (χ2n) is 4.93. The number of rotatable bonds is 1. The SMILES string of the molecule is Fc1ccn(-n2c3cc(Br)ccc3c3ccc(Br)cc32)c1F. The number of aromatic nitrogens is 2. The summed E-state index contributed by atoms with van der Waals surface area (Å²) in [6.07, 6.45) is 1.38. The van der Waals surface area contributed by atoms with Gasteiger partial charge in [0.1, 0.15) is 0 Å². The van der Waals surface area contributed by atoms with Crippen LogP contribution in [0, 0.1) is 11.8 Å². The fourth-order valence-electron chi connectivity index (χ4n) is 2.71. The van der Waals surface area contributed by atoms with Crippen LogP contribution in [-0.4, -0.2) is 9.35 Å². The largest absolute Gasteiger partial charge is 0.248 e. The van der Waals surface area contributed by atoms with Crippen LogP contribution in [0.15, 0.2) is 57.6 Å². The molecule has 0 aliphatic heterocycles. The molecule has 0 N–H and O–H groups in total. The van der Waals surface area contributed by atoms with Gasteiger partial charge in [0.2, 0.25) is 5.95 Å². The molecule has 22 heavy (non-hydrogen) atoms. The van der Waals surface area contributed by atoms with Crippen LogP contribution in [0.1, 0.15) is 0 Å². The fraction of sp³-hybridized carbons (Fsp3) is 0. The van der Waals surface area contributed by atoms with Gasteiger partial charge in [-0.1, -0.05) is 44.0 Å². The molecule has 0 fully saturated rings. The Labute approximate surface area is 141 Å². The number of benzene rings is 2. The lowest BCUT2D eigenvalue weighted by molar-refractivity contribution is 0.434. The molecule has 0 aliphatic rings. The minimum absolute atomic E-state index is 0.789. The molecule has 2 aromatic carbocycles. The number of nitrogens with zero attached hydrogens (tertiary/aromatic N) is 2. The van der Waals surface area contributed by atoms with Crippen LogP contribution in [0.4, 0.5) is 8.78 Å². The third-order valence-electron chi connectivity index (χ3n) is 3.64. The van der Waals surface area contributed by atoms with Crippen LogP contribution in [-0.2, 0) is 0 Å². The Kier molecular flexibility index (Phi) is 3.13. The Morgan fingerprint density at radius 2 is 1.32 bits per heavy atom. The van der Waals surface area contributed by atoms with E-state index >= 15 is 0 Å². The van der Waals surface area contributed by atoms with E-state index < -0.39 is 11.8 Å². The fourth-order valence-corrected chi connectivity index (χ4v) is 3.41. The number of hydrogen-bond acceptors (Lipinski definition) is 0. The van der Waals surface area contributed by atoms with Crippen LogP contribution >= 0.6 is 31.9 Å². The summed E-state index contributed by atoms with van der Waals surface area (Å²) in [6, 6.07) is 12.7. The highest BCUT2D eigenvalue weighted by Crippen LogP contribution is 2.33. The van der Waals surface area contributed by atoms with E-state index in [1.807, 2.05) is 36.4 Å². The van der Waals surface area contributed by atoms with Crippen molar-refractivity contribution < 1.29 is 8.78 Å². The summed E-state index contributed by atoms with van der Waals surface area (Å²) >= 11 is 6.87. The van der Waals surface area contributed by atoms with Gasteiger partial charge in [-0.3, -0.25) is 0 Å². The van der Waals surface area contributed by atoms with E-state index in [4.69, 9.17) is 0 Å². The van der Waals surface area contributed by atoms with Crippen molar-refractivity contribution in [2.24, 2.45) is 0 Å². The first-order valence-electron chi connectivity index (χ1n) is 6.48. The highest BCUT2D eigenvalue weighted by molar-refractivity contribution is 9.10. The quantitative estimate of drug-likeness (QED) is 0.369. The predicted octanol–water partition coefficient (Wildman–Crippen LogP) is 5.71. The third kappa shape index (κ3) is 1.94. The lowest BCUT2D eigenvalue weighted by atomic mass is 10.2. The minimum Gasteiger partial charge on any atom is -0.246 e. The van der Waals surface area contributed by atoms with Crippen molar-refractivity contribution in [3.05, 3.63) is 69.4 Å². The van der Waals surface area contributed by atoms with Gasteiger partial charge in [0.15, 0.2) is 5.82 Å². The van der Waals surface area contributed by atoms with Gasteiger partial charge in [-0.25, -0.2) is 13.7 Å². The van der Waals surface area contributed by atoms with Crippen LogP contribution in [0.25, 0.3) is 21.8 Å². The van der Waals surface area contributed by atoms with E-state index in [0.29, 0.717) is 0 Å². The molecule has 2 aromatic heterocycles. The lowest BCUT2D eigenvalue weighted by Gasteiger charge is -2.10. The molecule has 2 heterocycles. The molecule has 6 heteroatoms. The van der Waals surface area contributed by atoms with Crippen LogP contribution in [0.2, 0.25) is 0 Å². The zero-order valence-electron chi connectivity index (χ0n) is 11.0. The van der Waals surface area contributed by atoms with Gasteiger partial charge in [-0.05, 0) is 30.3 Å². The summed E-state index contributed by atoms with van der Waals surface area (Å²) in [7, 11) is 0. The van der Waals surface area contributed by atoms with E-state index in [1.54, 1.807) is 4.68 Å². The Morgan fingerprint density at radius 1 is 0.773 bits per heavy atom. The van der Waals surface area contributed by atoms with Crippen molar-refractivity contribution in [1.29, 1.82) is 0 Å². The van der Waals surface area contributed by atoms with E-state index in [9.17, 15) is 8.78 Å². The molecule has 0 atom stereocenters. The Bertz CT molecular complexity index is 974. The topological polar surface area (TPSA) is 9.86 Å². The Balaban J connectivity index is 2.24. The molecule has 0 saturated carbocycles. The molecule has 4 rings (SSSR count). The first-order valence-corrected chi connectivity index (χ1v) is 8.07. The standard InChI is InChI=1S/C16H8Br2F2N2/c17-9-1-3-11-12-4-2-10(18)8-15(12)22(14(11)7-9)21-6-5-13(19)16(21)20/h1-8H. The number of hydrogen-bond donors (Lipinski definition) is 0. The molecule has 110 valence electrons. The van der Waals surface area contributed by atoms with Gasteiger partial charge in [0.25, 0.3) is 0 Å². The van der Waals surface area contributed by atoms with Crippen molar-refractivity contribution in [2.75, 3.05) is 0 Å². The normalized spacial score (nSPS) is 11.6. The summed E-state index contributed by atoms with van der Waals surface area (Å²) < 4.78 is 32.2. The molecule has 0 radical (unpaired) electrons. The lowest BCUT2D eigenvalue weighted by Crippen LogP contribution is -2.10. The number of fused-ring (bicyclic) bond motifs is 3. The number of halogens is 4. The third-order valence-corrected chi connectivity index (χ3v) is 4.63. The average Bonchev–Trinajstić information content (AvgIpc) is 2.97. The molecule has 0 spiro atoms. The molecule has 4 aromatic rings. The summed E-state index contributed by atoms with van der Waals surface area (Å²) in [4.78, 5) is 0. The molecule has 0 unspecified atom stereocenters. The molecular formula is C16H8Br2F2N2. The summed E-state index contributed by atoms with van der Waals surface area (Å²) in [6.45, 7) is 0. The zero-order chi connectivity index (χ0) is 15.4. The van der Waals surface area contributed by atoms with Crippen molar-refractivity contribution >= 4 is 53.7 Å². The first-order chi connectivity index (χ1) is 10.6. The van der Waals surface area contributed by atoms with Crippen molar-refractivity contribution in [2.45, 2.75) is 0 Å². The van der Waals surface area contributed by atoms with Crippen LogP contribution in [0.5, 0.6) is 0 Å². The van der Waals surface area contributed by atoms with E-state index in [1.165, 1.54) is 10.9 Å². The molecule has 0 bridgehead atoms. The second kappa shape index (κ2) is 4.93. The molecule has 0 amide bonds. The van der Waals surface area contributed by atoms with E-state index in [0.717, 1.165) is 36.8 Å². The highest BCUT2D eigenvalue weighted by atomic mass is 79.9. The summed E-state index contributed by atoms with van der Waals surface area (Å²) in [5.74, 6) is -1.79. The molecule has 2 nitrogen and oxygen atoms in total. The Hall–Kier alpha value is -1.66. The van der Waals surface area contributed by atoms with Gasteiger partial charge >= 0.3 is 0 Å². The minimum atomic E-state index is -0.918. The molecule has 0 aliphatic carbocycles. The van der Waals surface area contributed by atoms with E-state index in [2.05, 4.69) is 31.9 Å². The van der Waals surface area contributed by atoms with Crippen molar-refractivity contribution in [1.82, 2.24) is 9.35 Å². The molecular weight excluding hydrogens is 418 g/mol. The zero-order valence-corrected chi connectivity index (χ0v) is 14.2.